The second kappa shape index (κ2) is 7.27. The highest BCUT2D eigenvalue weighted by molar-refractivity contribution is 9.10. The van der Waals surface area contributed by atoms with Crippen molar-refractivity contribution in [1.29, 1.82) is 0 Å². The van der Waals surface area contributed by atoms with Crippen molar-refractivity contribution < 1.29 is 13.2 Å². The van der Waals surface area contributed by atoms with Gasteiger partial charge in [-0.2, -0.15) is 0 Å². The van der Waals surface area contributed by atoms with E-state index in [0.717, 1.165) is 10.0 Å². The molecule has 0 heterocycles. The van der Waals surface area contributed by atoms with Crippen LogP contribution in [0.2, 0.25) is 0 Å². The second-order valence-electron chi connectivity index (χ2n) is 5.26. The van der Waals surface area contributed by atoms with Gasteiger partial charge in [0, 0.05) is 10.7 Å². The predicted octanol–water partition coefficient (Wildman–Crippen LogP) is 3.73. The molecule has 0 aliphatic heterocycles. The summed E-state index contributed by atoms with van der Waals surface area (Å²) in [5, 5.41) is 2.98. The van der Waals surface area contributed by atoms with Crippen LogP contribution in [0.3, 0.4) is 0 Å². The summed E-state index contributed by atoms with van der Waals surface area (Å²) in [6.07, 6.45) is 1.88. The minimum Gasteiger partial charge on any atom is -0.345 e. The number of hydrogen-bond donors (Lipinski definition) is 1. The van der Waals surface area contributed by atoms with E-state index in [9.17, 15) is 13.2 Å². The molecule has 1 amide bonds. The molecule has 0 aromatic heterocycles. The Hall–Kier alpha value is -1.66. The van der Waals surface area contributed by atoms with Crippen molar-refractivity contribution in [2.24, 2.45) is 0 Å². The molecule has 0 aliphatic carbocycles. The molecule has 0 radical (unpaired) electrons. The molecule has 0 aliphatic rings. The summed E-state index contributed by atoms with van der Waals surface area (Å²) in [7, 11) is -3.22. The summed E-state index contributed by atoms with van der Waals surface area (Å²) in [6.45, 7) is 1.97. The van der Waals surface area contributed by atoms with Crippen LogP contribution in [0.5, 0.6) is 0 Å². The normalized spacial score (nSPS) is 12.7. The molecule has 6 heteroatoms. The van der Waals surface area contributed by atoms with E-state index in [1.807, 2.05) is 25.1 Å². The van der Waals surface area contributed by atoms with E-state index in [1.165, 1.54) is 6.26 Å². The van der Waals surface area contributed by atoms with E-state index in [0.29, 0.717) is 12.0 Å². The lowest BCUT2D eigenvalue weighted by Crippen LogP contribution is -2.28. The maximum Gasteiger partial charge on any atom is 0.252 e. The monoisotopic (exact) mass is 395 g/mol. The SMILES string of the molecule is CCC(NC(=O)c1ccccc1Br)c1ccc(S(C)(=O)=O)cc1. The van der Waals surface area contributed by atoms with Crippen molar-refractivity contribution in [3.05, 3.63) is 64.1 Å². The van der Waals surface area contributed by atoms with Crippen molar-refractivity contribution in [2.45, 2.75) is 24.3 Å². The zero-order valence-electron chi connectivity index (χ0n) is 12.9. The maximum absolute atomic E-state index is 12.4. The highest BCUT2D eigenvalue weighted by atomic mass is 79.9. The van der Waals surface area contributed by atoms with E-state index in [4.69, 9.17) is 0 Å². The quantitative estimate of drug-likeness (QED) is 0.838. The number of sulfone groups is 1. The molecule has 2 aromatic carbocycles. The molecule has 0 fully saturated rings. The molecule has 1 atom stereocenters. The van der Waals surface area contributed by atoms with Gasteiger partial charge in [-0.05, 0) is 52.2 Å². The summed E-state index contributed by atoms with van der Waals surface area (Å²) in [5.74, 6) is -0.170. The molecule has 1 unspecified atom stereocenters. The van der Waals surface area contributed by atoms with Crippen molar-refractivity contribution in [3.8, 4) is 0 Å². The van der Waals surface area contributed by atoms with Crippen molar-refractivity contribution in [1.82, 2.24) is 5.32 Å². The van der Waals surface area contributed by atoms with Gasteiger partial charge in [-0.15, -0.1) is 0 Å². The Balaban J connectivity index is 2.20. The van der Waals surface area contributed by atoms with Gasteiger partial charge >= 0.3 is 0 Å². The van der Waals surface area contributed by atoms with Gasteiger partial charge in [0.15, 0.2) is 9.84 Å². The first kappa shape index (κ1) is 17.7. The first-order valence-electron chi connectivity index (χ1n) is 7.18. The topological polar surface area (TPSA) is 63.2 Å². The molecule has 23 heavy (non-hydrogen) atoms. The highest BCUT2D eigenvalue weighted by Crippen LogP contribution is 2.21. The van der Waals surface area contributed by atoms with Crippen molar-refractivity contribution in [2.75, 3.05) is 6.26 Å². The lowest BCUT2D eigenvalue weighted by Gasteiger charge is -2.18. The van der Waals surface area contributed by atoms with E-state index < -0.39 is 9.84 Å². The van der Waals surface area contributed by atoms with Crippen LogP contribution in [0, 0.1) is 0 Å². The number of carbonyl (C=O) groups is 1. The fraction of sp³-hybridized carbons (Fsp3) is 0.235. The lowest BCUT2D eigenvalue weighted by molar-refractivity contribution is 0.0934. The van der Waals surface area contributed by atoms with Gasteiger partial charge in [-0.3, -0.25) is 4.79 Å². The number of halogens is 1. The standard InChI is InChI=1S/C17H18BrNO3S/c1-3-16(12-8-10-13(11-9-12)23(2,21)22)19-17(20)14-6-4-5-7-15(14)18/h4-11,16H,3H2,1-2H3,(H,19,20). The van der Waals surface area contributed by atoms with Crippen LogP contribution in [0.15, 0.2) is 57.9 Å². The number of rotatable bonds is 5. The molecular formula is C17H18BrNO3S. The Bertz CT molecular complexity index is 801. The Morgan fingerprint density at radius 3 is 2.26 bits per heavy atom. The largest absolute Gasteiger partial charge is 0.345 e. The third-order valence-electron chi connectivity index (χ3n) is 3.54. The van der Waals surface area contributed by atoms with Crippen LogP contribution >= 0.6 is 15.9 Å². The summed E-state index contributed by atoms with van der Waals surface area (Å²) < 4.78 is 23.8. The zero-order chi connectivity index (χ0) is 17.0. The van der Waals surface area contributed by atoms with Gasteiger partial charge in [0.25, 0.3) is 5.91 Å². The minimum atomic E-state index is -3.22. The van der Waals surface area contributed by atoms with Crippen molar-refractivity contribution >= 4 is 31.7 Å². The van der Waals surface area contributed by atoms with Gasteiger partial charge in [0.05, 0.1) is 16.5 Å². The third-order valence-corrected chi connectivity index (χ3v) is 5.36. The molecule has 0 saturated carbocycles. The average molecular weight is 396 g/mol. The molecule has 0 saturated heterocycles. The van der Waals surface area contributed by atoms with E-state index >= 15 is 0 Å². The maximum atomic E-state index is 12.4. The summed E-state index contributed by atoms with van der Waals surface area (Å²) in [5.41, 5.74) is 1.44. The van der Waals surface area contributed by atoms with Crippen LogP contribution in [-0.4, -0.2) is 20.6 Å². The second-order valence-corrected chi connectivity index (χ2v) is 8.13. The molecule has 122 valence electrons. The highest BCUT2D eigenvalue weighted by Gasteiger charge is 2.16. The third kappa shape index (κ3) is 4.42. The Kier molecular flexibility index (Phi) is 5.59. The van der Waals surface area contributed by atoms with Crippen LogP contribution in [0.1, 0.15) is 35.3 Å². The fourth-order valence-corrected chi connectivity index (χ4v) is 3.35. The van der Waals surface area contributed by atoms with E-state index in [2.05, 4.69) is 21.2 Å². The van der Waals surface area contributed by atoms with E-state index in [-0.39, 0.29) is 16.8 Å². The van der Waals surface area contributed by atoms with Crippen LogP contribution in [-0.2, 0) is 9.84 Å². The lowest BCUT2D eigenvalue weighted by atomic mass is 10.0. The first-order chi connectivity index (χ1) is 10.8. The number of carbonyl (C=O) groups excluding carboxylic acids is 1. The number of benzene rings is 2. The first-order valence-corrected chi connectivity index (χ1v) is 9.86. The van der Waals surface area contributed by atoms with Gasteiger partial charge in [0.2, 0.25) is 0 Å². The summed E-state index contributed by atoms with van der Waals surface area (Å²) >= 11 is 3.37. The summed E-state index contributed by atoms with van der Waals surface area (Å²) in [4.78, 5) is 12.7. The molecule has 0 bridgehead atoms. The fourth-order valence-electron chi connectivity index (χ4n) is 2.25. The average Bonchev–Trinajstić information content (AvgIpc) is 2.52. The molecular weight excluding hydrogens is 378 g/mol. The molecule has 4 nitrogen and oxygen atoms in total. The Morgan fingerprint density at radius 1 is 1.13 bits per heavy atom. The summed E-state index contributed by atoms with van der Waals surface area (Å²) in [6, 6.07) is 13.7. The smallest absolute Gasteiger partial charge is 0.252 e. The van der Waals surface area contributed by atoms with Crippen LogP contribution in [0.4, 0.5) is 0 Å². The van der Waals surface area contributed by atoms with Gasteiger partial charge in [-0.1, -0.05) is 31.2 Å². The molecule has 2 rings (SSSR count). The molecule has 0 spiro atoms. The van der Waals surface area contributed by atoms with Crippen LogP contribution < -0.4 is 5.32 Å². The number of amides is 1. The Morgan fingerprint density at radius 2 is 1.74 bits per heavy atom. The predicted molar refractivity (Wildman–Crippen MR) is 94.2 cm³/mol. The Labute approximate surface area is 145 Å². The minimum absolute atomic E-state index is 0.170. The molecule has 1 N–H and O–H groups in total. The van der Waals surface area contributed by atoms with Gasteiger partial charge in [-0.25, -0.2) is 8.42 Å². The van der Waals surface area contributed by atoms with Crippen LogP contribution in [0.25, 0.3) is 0 Å². The van der Waals surface area contributed by atoms with Gasteiger partial charge < -0.3 is 5.32 Å². The number of hydrogen-bond acceptors (Lipinski definition) is 3. The van der Waals surface area contributed by atoms with E-state index in [1.54, 1.807) is 30.3 Å². The number of nitrogens with one attached hydrogen (secondary N) is 1. The van der Waals surface area contributed by atoms with Gasteiger partial charge in [0.1, 0.15) is 0 Å². The molecule has 2 aromatic rings. The zero-order valence-corrected chi connectivity index (χ0v) is 15.3. The van der Waals surface area contributed by atoms with Crippen molar-refractivity contribution in [3.63, 3.8) is 0 Å².